The number of amides is 2. The van der Waals surface area contributed by atoms with Crippen molar-refractivity contribution in [2.75, 3.05) is 20.2 Å². The number of aryl methyl sites for hydroxylation is 1. The summed E-state index contributed by atoms with van der Waals surface area (Å²) in [5.74, 6) is 0.161. The second-order valence-electron chi connectivity index (χ2n) is 4.34. The average Bonchev–Trinajstić information content (AvgIpc) is 2.37. The quantitative estimate of drug-likeness (QED) is 0.829. The van der Waals surface area contributed by atoms with Crippen LogP contribution in [-0.4, -0.2) is 36.9 Å². The Morgan fingerprint density at radius 3 is 2.53 bits per heavy atom. The van der Waals surface area contributed by atoms with Crippen molar-refractivity contribution in [3.63, 3.8) is 0 Å². The highest BCUT2D eigenvalue weighted by Crippen LogP contribution is 2.17. The van der Waals surface area contributed by atoms with Gasteiger partial charge in [0, 0.05) is 6.54 Å². The molecule has 0 spiro atoms. The van der Waals surface area contributed by atoms with Crippen LogP contribution in [0.4, 0.5) is 0 Å². The SMILES string of the molecule is CCN(CC(N)=O)C(=O)Cc1ccc(OC)cc1C. The van der Waals surface area contributed by atoms with Crippen LogP contribution in [0.5, 0.6) is 5.75 Å². The normalized spacial score (nSPS) is 10.1. The van der Waals surface area contributed by atoms with Crippen LogP contribution >= 0.6 is 0 Å². The first-order valence-electron chi connectivity index (χ1n) is 6.17. The highest BCUT2D eigenvalue weighted by Gasteiger charge is 2.15. The zero-order valence-electron chi connectivity index (χ0n) is 11.6. The second-order valence-corrected chi connectivity index (χ2v) is 4.34. The topological polar surface area (TPSA) is 72.6 Å². The molecule has 0 aromatic heterocycles. The summed E-state index contributed by atoms with van der Waals surface area (Å²) in [7, 11) is 1.60. The molecule has 2 amide bonds. The predicted octanol–water partition coefficient (Wildman–Crippen LogP) is 0.880. The van der Waals surface area contributed by atoms with Crippen LogP contribution in [0.15, 0.2) is 18.2 Å². The highest BCUT2D eigenvalue weighted by atomic mass is 16.5. The van der Waals surface area contributed by atoms with Gasteiger partial charge in [0.05, 0.1) is 20.1 Å². The molecule has 0 heterocycles. The number of carbonyl (C=O) groups is 2. The van der Waals surface area contributed by atoms with Gasteiger partial charge in [-0.25, -0.2) is 0 Å². The minimum Gasteiger partial charge on any atom is -0.497 e. The molecular weight excluding hydrogens is 244 g/mol. The Balaban J connectivity index is 2.78. The Bertz CT molecular complexity index is 472. The van der Waals surface area contributed by atoms with Crippen LogP contribution in [0.1, 0.15) is 18.1 Å². The first kappa shape index (κ1) is 15.0. The molecule has 5 heteroatoms. The van der Waals surface area contributed by atoms with Crippen molar-refractivity contribution in [1.29, 1.82) is 0 Å². The molecule has 0 saturated heterocycles. The number of nitrogens with two attached hydrogens (primary N) is 1. The number of hydrogen-bond donors (Lipinski definition) is 1. The van der Waals surface area contributed by atoms with E-state index >= 15 is 0 Å². The standard InChI is InChI=1S/C14H20N2O3/c1-4-16(9-13(15)17)14(18)8-11-5-6-12(19-3)7-10(11)2/h5-7H,4,8-9H2,1-3H3,(H2,15,17). The number of nitrogens with zero attached hydrogens (tertiary/aromatic N) is 1. The Labute approximate surface area is 113 Å². The van der Waals surface area contributed by atoms with E-state index in [0.717, 1.165) is 16.9 Å². The molecule has 0 aliphatic heterocycles. The number of hydrogen-bond acceptors (Lipinski definition) is 3. The number of rotatable bonds is 6. The van der Waals surface area contributed by atoms with Crippen molar-refractivity contribution in [3.05, 3.63) is 29.3 Å². The fourth-order valence-corrected chi connectivity index (χ4v) is 1.83. The van der Waals surface area contributed by atoms with Crippen molar-refractivity contribution in [2.24, 2.45) is 5.73 Å². The molecule has 2 N–H and O–H groups in total. The maximum Gasteiger partial charge on any atom is 0.237 e. The molecule has 0 atom stereocenters. The molecule has 0 saturated carbocycles. The van der Waals surface area contributed by atoms with E-state index in [1.54, 1.807) is 7.11 Å². The van der Waals surface area contributed by atoms with Gasteiger partial charge in [0.25, 0.3) is 0 Å². The lowest BCUT2D eigenvalue weighted by atomic mass is 10.0. The summed E-state index contributed by atoms with van der Waals surface area (Å²) < 4.78 is 5.12. The highest BCUT2D eigenvalue weighted by molar-refractivity contribution is 5.85. The molecule has 1 aromatic carbocycles. The Hall–Kier alpha value is -2.04. The van der Waals surface area contributed by atoms with Crippen molar-refractivity contribution in [1.82, 2.24) is 4.90 Å². The first-order chi connectivity index (χ1) is 8.97. The second kappa shape index (κ2) is 6.78. The molecule has 1 aromatic rings. The van der Waals surface area contributed by atoms with E-state index in [2.05, 4.69) is 0 Å². The van der Waals surface area contributed by atoms with Crippen LogP contribution in [-0.2, 0) is 16.0 Å². The van der Waals surface area contributed by atoms with Gasteiger partial charge in [0.15, 0.2) is 0 Å². The van der Waals surface area contributed by atoms with E-state index in [1.807, 2.05) is 32.0 Å². The summed E-state index contributed by atoms with van der Waals surface area (Å²) in [5.41, 5.74) is 7.03. The van der Waals surface area contributed by atoms with Crippen molar-refractivity contribution in [2.45, 2.75) is 20.3 Å². The van der Waals surface area contributed by atoms with Crippen LogP contribution in [0.3, 0.4) is 0 Å². The van der Waals surface area contributed by atoms with Crippen LogP contribution in [0.2, 0.25) is 0 Å². The number of methoxy groups -OCH3 is 1. The number of primary amides is 1. The van der Waals surface area contributed by atoms with Gasteiger partial charge in [-0.1, -0.05) is 6.07 Å². The third-order valence-electron chi connectivity index (χ3n) is 2.97. The Morgan fingerprint density at radius 1 is 1.37 bits per heavy atom. The summed E-state index contributed by atoms with van der Waals surface area (Å²) in [4.78, 5) is 24.4. The molecule has 0 unspecified atom stereocenters. The molecule has 0 aliphatic carbocycles. The number of likely N-dealkylation sites (N-methyl/N-ethyl adjacent to an activating group) is 1. The molecule has 5 nitrogen and oxygen atoms in total. The molecule has 1 rings (SSSR count). The summed E-state index contributed by atoms with van der Waals surface area (Å²) >= 11 is 0. The molecule has 0 bridgehead atoms. The van der Waals surface area contributed by atoms with Gasteiger partial charge in [-0.15, -0.1) is 0 Å². The van der Waals surface area contributed by atoms with E-state index in [-0.39, 0.29) is 18.9 Å². The third kappa shape index (κ3) is 4.28. The van der Waals surface area contributed by atoms with Gasteiger partial charge in [-0.05, 0) is 37.1 Å². The Morgan fingerprint density at radius 2 is 2.05 bits per heavy atom. The summed E-state index contributed by atoms with van der Waals surface area (Å²) in [5, 5.41) is 0. The summed E-state index contributed by atoms with van der Waals surface area (Å²) in [6.07, 6.45) is 0.261. The largest absolute Gasteiger partial charge is 0.497 e. The van der Waals surface area contributed by atoms with E-state index in [4.69, 9.17) is 10.5 Å². The van der Waals surface area contributed by atoms with Gasteiger partial charge in [-0.3, -0.25) is 9.59 Å². The average molecular weight is 264 g/mol. The zero-order valence-corrected chi connectivity index (χ0v) is 11.6. The van der Waals surface area contributed by atoms with E-state index in [9.17, 15) is 9.59 Å². The van der Waals surface area contributed by atoms with Gasteiger partial charge < -0.3 is 15.4 Å². The van der Waals surface area contributed by atoms with E-state index < -0.39 is 5.91 Å². The van der Waals surface area contributed by atoms with Crippen LogP contribution < -0.4 is 10.5 Å². The summed E-state index contributed by atoms with van der Waals surface area (Å²) in [6, 6.07) is 5.57. The van der Waals surface area contributed by atoms with Crippen molar-refractivity contribution < 1.29 is 14.3 Å². The maximum absolute atomic E-state index is 12.1. The smallest absolute Gasteiger partial charge is 0.237 e. The fourth-order valence-electron chi connectivity index (χ4n) is 1.83. The van der Waals surface area contributed by atoms with Crippen molar-refractivity contribution >= 4 is 11.8 Å². The van der Waals surface area contributed by atoms with Gasteiger partial charge in [0.2, 0.25) is 11.8 Å². The zero-order chi connectivity index (χ0) is 14.4. The number of benzene rings is 1. The van der Waals surface area contributed by atoms with Crippen LogP contribution in [0, 0.1) is 6.92 Å². The molecule has 0 fully saturated rings. The van der Waals surface area contributed by atoms with Gasteiger partial charge in [-0.2, -0.15) is 0 Å². The summed E-state index contributed by atoms with van der Waals surface area (Å²) in [6.45, 7) is 4.18. The lowest BCUT2D eigenvalue weighted by molar-refractivity contribution is -0.134. The predicted molar refractivity (Wildman–Crippen MR) is 72.9 cm³/mol. The molecule has 19 heavy (non-hydrogen) atoms. The minimum atomic E-state index is -0.498. The lowest BCUT2D eigenvalue weighted by Crippen LogP contribution is -2.39. The molecule has 0 aliphatic rings. The monoisotopic (exact) mass is 264 g/mol. The lowest BCUT2D eigenvalue weighted by Gasteiger charge is -2.19. The minimum absolute atomic E-state index is 0.0372. The van der Waals surface area contributed by atoms with Gasteiger partial charge >= 0.3 is 0 Å². The van der Waals surface area contributed by atoms with Gasteiger partial charge in [0.1, 0.15) is 5.75 Å². The molecule has 104 valence electrons. The first-order valence-corrected chi connectivity index (χ1v) is 6.17. The number of carbonyl (C=O) groups excluding carboxylic acids is 2. The van der Waals surface area contributed by atoms with Crippen molar-refractivity contribution in [3.8, 4) is 5.75 Å². The Kier molecular flexibility index (Phi) is 5.36. The van der Waals surface area contributed by atoms with E-state index in [0.29, 0.717) is 6.54 Å². The molecule has 0 radical (unpaired) electrons. The van der Waals surface area contributed by atoms with E-state index in [1.165, 1.54) is 4.90 Å². The third-order valence-corrected chi connectivity index (χ3v) is 2.97. The fraction of sp³-hybridized carbons (Fsp3) is 0.429. The maximum atomic E-state index is 12.1. The molecular formula is C14H20N2O3. The number of ether oxygens (including phenoxy) is 1. The van der Waals surface area contributed by atoms with Crippen LogP contribution in [0.25, 0.3) is 0 Å².